The highest BCUT2D eigenvalue weighted by molar-refractivity contribution is 8.27. The standard InChI is InChI=1S/C18H13FN2O4S3/c19-12-3-1-2-4-13(12)20-17(23)16(28-18(20)26)10-11-5-6-15(27-8-7-22)14(9-11)21(24)25/h1-6,9-10,22H,7-8H2/b16-10+. The quantitative estimate of drug-likeness (QED) is 0.239. The Balaban J connectivity index is 1.93. The molecule has 28 heavy (non-hydrogen) atoms. The summed E-state index contributed by atoms with van der Waals surface area (Å²) in [6.07, 6.45) is 1.49. The summed E-state index contributed by atoms with van der Waals surface area (Å²) >= 11 is 7.39. The number of benzene rings is 2. The van der Waals surface area contributed by atoms with Gasteiger partial charge in [-0.2, -0.15) is 0 Å². The number of nitro groups is 1. The first kappa shape index (κ1) is 20.5. The number of aliphatic hydroxyl groups is 1. The van der Waals surface area contributed by atoms with Crippen molar-refractivity contribution in [1.82, 2.24) is 0 Å². The van der Waals surface area contributed by atoms with Gasteiger partial charge in [0.15, 0.2) is 4.32 Å². The third-order valence-corrected chi connectivity index (χ3v) is 6.06. The van der Waals surface area contributed by atoms with E-state index in [4.69, 9.17) is 17.3 Å². The van der Waals surface area contributed by atoms with Crippen molar-refractivity contribution in [2.24, 2.45) is 0 Å². The van der Waals surface area contributed by atoms with Gasteiger partial charge in [-0.05, 0) is 29.8 Å². The zero-order valence-electron chi connectivity index (χ0n) is 14.2. The van der Waals surface area contributed by atoms with Crippen molar-refractivity contribution in [3.8, 4) is 0 Å². The molecule has 1 aliphatic heterocycles. The number of rotatable bonds is 6. The molecule has 2 aromatic carbocycles. The van der Waals surface area contributed by atoms with Gasteiger partial charge in [-0.25, -0.2) is 4.39 Å². The van der Waals surface area contributed by atoms with Gasteiger partial charge in [-0.15, -0.1) is 11.8 Å². The molecular formula is C18H13FN2O4S3. The fraction of sp³-hybridized carbons (Fsp3) is 0.111. The Morgan fingerprint density at radius 2 is 2.07 bits per heavy atom. The van der Waals surface area contributed by atoms with E-state index >= 15 is 0 Å². The minimum absolute atomic E-state index is 0.0649. The maximum Gasteiger partial charge on any atom is 0.283 e. The molecule has 0 bridgehead atoms. The fourth-order valence-corrected chi connectivity index (χ4v) is 4.55. The van der Waals surface area contributed by atoms with Crippen LogP contribution >= 0.6 is 35.7 Å². The normalized spacial score (nSPS) is 15.5. The molecule has 1 fully saturated rings. The number of aliphatic hydroxyl groups excluding tert-OH is 1. The Morgan fingerprint density at radius 1 is 1.32 bits per heavy atom. The van der Waals surface area contributed by atoms with E-state index in [-0.39, 0.29) is 27.2 Å². The number of nitrogens with zero attached hydrogens (tertiary/aromatic N) is 2. The summed E-state index contributed by atoms with van der Waals surface area (Å²) in [7, 11) is 0. The second kappa shape index (κ2) is 8.82. The average Bonchev–Trinajstić information content (AvgIpc) is 2.94. The van der Waals surface area contributed by atoms with Crippen molar-refractivity contribution in [3.63, 3.8) is 0 Å². The summed E-state index contributed by atoms with van der Waals surface area (Å²) in [5.74, 6) is -0.718. The largest absolute Gasteiger partial charge is 0.396 e. The first-order valence-corrected chi connectivity index (χ1v) is 10.2. The molecule has 1 aliphatic rings. The molecule has 2 aromatic rings. The van der Waals surface area contributed by atoms with Gasteiger partial charge >= 0.3 is 0 Å². The number of carbonyl (C=O) groups excluding carboxylic acids is 1. The summed E-state index contributed by atoms with van der Waals surface area (Å²) in [6.45, 7) is -0.0951. The average molecular weight is 437 g/mol. The number of hydrogen-bond donors (Lipinski definition) is 1. The van der Waals surface area contributed by atoms with Crippen molar-refractivity contribution >= 4 is 63.4 Å². The molecule has 0 unspecified atom stereocenters. The third-order valence-electron chi connectivity index (χ3n) is 3.71. The summed E-state index contributed by atoms with van der Waals surface area (Å²) < 4.78 is 14.2. The van der Waals surface area contributed by atoms with Crippen molar-refractivity contribution in [3.05, 3.63) is 68.9 Å². The molecule has 1 heterocycles. The fourth-order valence-electron chi connectivity index (χ4n) is 2.50. The van der Waals surface area contributed by atoms with Crippen LogP contribution in [0.15, 0.2) is 52.3 Å². The number of carbonyl (C=O) groups is 1. The topological polar surface area (TPSA) is 83.7 Å². The van der Waals surface area contributed by atoms with Crippen LogP contribution in [0.4, 0.5) is 15.8 Å². The van der Waals surface area contributed by atoms with Gasteiger partial charge in [0, 0.05) is 11.8 Å². The first-order chi connectivity index (χ1) is 13.4. The van der Waals surface area contributed by atoms with Gasteiger partial charge in [-0.3, -0.25) is 19.8 Å². The number of amides is 1. The van der Waals surface area contributed by atoms with Crippen LogP contribution < -0.4 is 4.90 Å². The summed E-state index contributed by atoms with van der Waals surface area (Å²) in [4.78, 5) is 25.3. The molecule has 0 radical (unpaired) electrons. The van der Waals surface area contributed by atoms with E-state index in [0.29, 0.717) is 16.2 Å². The first-order valence-electron chi connectivity index (χ1n) is 7.97. The van der Waals surface area contributed by atoms with E-state index in [1.807, 2.05) is 0 Å². The lowest BCUT2D eigenvalue weighted by atomic mass is 10.2. The Morgan fingerprint density at radius 3 is 2.75 bits per heavy atom. The number of hydrogen-bond acceptors (Lipinski definition) is 7. The van der Waals surface area contributed by atoms with Crippen molar-refractivity contribution in [1.29, 1.82) is 0 Å². The van der Waals surface area contributed by atoms with Gasteiger partial charge in [0.1, 0.15) is 5.82 Å². The SMILES string of the molecule is O=C1/C(=C\c2ccc(SCCO)c([N+](=O)[O-])c2)SC(=S)N1c1ccccc1F. The lowest BCUT2D eigenvalue weighted by Gasteiger charge is -2.14. The number of nitro benzene ring substituents is 1. The number of halogens is 1. The van der Waals surface area contributed by atoms with E-state index in [1.54, 1.807) is 18.2 Å². The molecule has 0 atom stereocenters. The minimum atomic E-state index is -0.569. The van der Waals surface area contributed by atoms with E-state index in [1.165, 1.54) is 42.1 Å². The Bertz CT molecular complexity index is 997. The molecule has 1 saturated heterocycles. The molecule has 0 aromatic heterocycles. The van der Waals surface area contributed by atoms with Crippen LogP contribution in [0.2, 0.25) is 0 Å². The number of thiocarbonyl (C=S) groups is 1. The maximum atomic E-state index is 14.1. The molecule has 10 heteroatoms. The van der Waals surface area contributed by atoms with Gasteiger partial charge in [-0.1, -0.05) is 42.2 Å². The molecular weight excluding hydrogens is 423 g/mol. The molecule has 1 N–H and O–H groups in total. The van der Waals surface area contributed by atoms with Crippen LogP contribution in [0.1, 0.15) is 5.56 Å². The number of anilines is 1. The monoisotopic (exact) mass is 436 g/mol. The van der Waals surface area contributed by atoms with Crippen LogP contribution in [-0.2, 0) is 4.79 Å². The van der Waals surface area contributed by atoms with Gasteiger partial charge < -0.3 is 5.11 Å². The lowest BCUT2D eigenvalue weighted by Crippen LogP contribution is -2.28. The smallest absolute Gasteiger partial charge is 0.283 e. The predicted molar refractivity (Wildman–Crippen MR) is 113 cm³/mol. The van der Waals surface area contributed by atoms with E-state index in [9.17, 15) is 19.3 Å². The van der Waals surface area contributed by atoms with E-state index < -0.39 is 16.6 Å². The minimum Gasteiger partial charge on any atom is -0.396 e. The van der Waals surface area contributed by atoms with Gasteiger partial charge in [0.25, 0.3) is 11.6 Å². The Kier molecular flexibility index (Phi) is 6.45. The van der Waals surface area contributed by atoms with Crippen molar-refractivity contribution < 1.29 is 19.2 Å². The van der Waals surface area contributed by atoms with Gasteiger partial charge in [0.05, 0.1) is 27.0 Å². The lowest BCUT2D eigenvalue weighted by molar-refractivity contribution is -0.387. The molecule has 144 valence electrons. The summed E-state index contributed by atoms with van der Waals surface area (Å²) in [5, 5.41) is 20.2. The van der Waals surface area contributed by atoms with Crippen molar-refractivity contribution in [2.75, 3.05) is 17.3 Å². The molecule has 0 aliphatic carbocycles. The molecule has 6 nitrogen and oxygen atoms in total. The second-order valence-corrected chi connectivity index (χ2v) is 8.34. The second-order valence-electron chi connectivity index (χ2n) is 5.52. The highest BCUT2D eigenvalue weighted by atomic mass is 32.2. The van der Waals surface area contributed by atoms with E-state index in [2.05, 4.69) is 0 Å². The zero-order chi connectivity index (χ0) is 20.3. The van der Waals surface area contributed by atoms with Crippen LogP contribution in [0.5, 0.6) is 0 Å². The number of para-hydroxylation sites is 1. The highest BCUT2D eigenvalue weighted by Gasteiger charge is 2.34. The molecule has 0 saturated carbocycles. The maximum absolute atomic E-state index is 14.1. The van der Waals surface area contributed by atoms with Crippen LogP contribution in [0.3, 0.4) is 0 Å². The Hall–Kier alpha value is -2.27. The molecule has 1 amide bonds. The third kappa shape index (κ3) is 4.25. The van der Waals surface area contributed by atoms with Crippen LogP contribution in [0.25, 0.3) is 6.08 Å². The predicted octanol–water partition coefficient (Wildman–Crippen LogP) is 4.22. The van der Waals surface area contributed by atoms with Crippen LogP contribution in [0, 0.1) is 15.9 Å². The highest BCUT2D eigenvalue weighted by Crippen LogP contribution is 2.38. The van der Waals surface area contributed by atoms with Gasteiger partial charge in [0.2, 0.25) is 0 Å². The van der Waals surface area contributed by atoms with Crippen LogP contribution in [-0.4, -0.2) is 32.6 Å². The Labute approximate surface area is 173 Å². The molecule has 0 spiro atoms. The summed E-state index contributed by atoms with van der Waals surface area (Å²) in [6, 6.07) is 10.4. The van der Waals surface area contributed by atoms with E-state index in [0.717, 1.165) is 16.7 Å². The van der Waals surface area contributed by atoms with Crippen molar-refractivity contribution in [2.45, 2.75) is 4.90 Å². The number of thioether (sulfide) groups is 2. The zero-order valence-corrected chi connectivity index (χ0v) is 16.7. The summed E-state index contributed by atoms with van der Waals surface area (Å²) in [5.41, 5.74) is 0.404. The molecule has 3 rings (SSSR count).